The topological polar surface area (TPSA) is 96.9 Å². The lowest BCUT2D eigenvalue weighted by molar-refractivity contribution is -0.117. The third-order valence-corrected chi connectivity index (χ3v) is 2.30. The van der Waals surface area contributed by atoms with E-state index in [2.05, 4.69) is 15.2 Å². The molecule has 1 aromatic rings. The zero-order valence-corrected chi connectivity index (χ0v) is 10.0. The van der Waals surface area contributed by atoms with Crippen LogP contribution in [0.3, 0.4) is 0 Å². The summed E-state index contributed by atoms with van der Waals surface area (Å²) in [6.07, 6.45) is 0. The number of carbonyl (C=O) groups excluding carboxylic acids is 1. The molecule has 104 valence electrons. The molecule has 4 N–H and O–H groups in total. The van der Waals surface area contributed by atoms with E-state index in [4.69, 9.17) is 10.9 Å². The van der Waals surface area contributed by atoms with Gasteiger partial charge in [-0.3, -0.25) is 4.79 Å². The lowest BCUT2D eigenvalue weighted by Gasteiger charge is -2.11. The minimum Gasteiger partial charge on any atom is -0.435 e. The summed E-state index contributed by atoms with van der Waals surface area (Å²) in [4.78, 5) is 11.6. The summed E-state index contributed by atoms with van der Waals surface area (Å²) in [7, 11) is 0. The van der Waals surface area contributed by atoms with Crippen molar-refractivity contribution in [1.29, 1.82) is 0 Å². The zero-order chi connectivity index (χ0) is 14.4. The van der Waals surface area contributed by atoms with Gasteiger partial charge in [-0.05, 0) is 31.2 Å². The molecule has 1 rings (SSSR count). The van der Waals surface area contributed by atoms with E-state index in [1.807, 2.05) is 0 Å². The normalized spacial score (nSPS) is 13.2. The average molecular weight is 273 g/mol. The van der Waals surface area contributed by atoms with Gasteiger partial charge in [-0.15, -0.1) is 0 Å². The lowest BCUT2D eigenvalue weighted by atomic mass is 10.1. The summed E-state index contributed by atoms with van der Waals surface area (Å²) in [5.41, 5.74) is 5.66. The number of hydrogen-bond donors (Lipinski definition) is 3. The van der Waals surface area contributed by atoms with Crippen molar-refractivity contribution in [2.24, 2.45) is 16.8 Å². The Balaban J connectivity index is 2.65. The number of nitrogens with two attached hydrogens (primary N) is 1. The molecule has 1 atom stereocenters. The first-order valence-corrected chi connectivity index (χ1v) is 5.27. The molecule has 0 bridgehead atoms. The molecule has 6 nitrogen and oxygen atoms in total. The summed E-state index contributed by atoms with van der Waals surface area (Å²) >= 11 is 0. The monoisotopic (exact) mass is 273 g/mol. The van der Waals surface area contributed by atoms with Crippen LogP contribution >= 0.6 is 0 Å². The van der Waals surface area contributed by atoms with Gasteiger partial charge in [-0.2, -0.15) is 8.78 Å². The maximum absolute atomic E-state index is 11.9. The van der Waals surface area contributed by atoms with Crippen LogP contribution < -0.4 is 15.8 Å². The molecule has 0 aliphatic heterocycles. The number of ether oxygens (including phenoxy) is 1. The van der Waals surface area contributed by atoms with Gasteiger partial charge in [0.2, 0.25) is 5.91 Å². The Kier molecular flexibility index (Phi) is 5.04. The molecule has 0 aliphatic carbocycles. The van der Waals surface area contributed by atoms with Crippen molar-refractivity contribution < 1.29 is 23.5 Å². The Labute approximate surface area is 107 Å². The molecule has 0 fully saturated rings. The summed E-state index contributed by atoms with van der Waals surface area (Å²) in [5.74, 6) is -1.55. The van der Waals surface area contributed by atoms with Gasteiger partial charge in [0.15, 0.2) is 5.84 Å². The second-order valence-electron chi connectivity index (χ2n) is 3.64. The maximum atomic E-state index is 11.9. The third-order valence-electron chi connectivity index (χ3n) is 2.30. The molecule has 0 aromatic heterocycles. The first-order valence-electron chi connectivity index (χ1n) is 5.27. The van der Waals surface area contributed by atoms with Crippen LogP contribution in [0.2, 0.25) is 0 Å². The molecule has 0 saturated heterocycles. The van der Waals surface area contributed by atoms with Crippen LogP contribution in [-0.4, -0.2) is 23.6 Å². The third kappa shape index (κ3) is 4.41. The zero-order valence-electron chi connectivity index (χ0n) is 10.0. The van der Waals surface area contributed by atoms with E-state index in [0.717, 1.165) is 0 Å². The standard InChI is InChI=1S/C11H13F2N3O3/c1-6(9(14)16-18)10(17)15-7-2-4-8(5-3-7)19-11(12)13/h2-6,11,18H,1H3,(H2,14,16)(H,15,17). The van der Waals surface area contributed by atoms with Crippen LogP contribution in [0.1, 0.15) is 6.92 Å². The summed E-state index contributed by atoms with van der Waals surface area (Å²) in [6.45, 7) is -1.44. The van der Waals surface area contributed by atoms with Crippen molar-refractivity contribution in [2.45, 2.75) is 13.5 Å². The largest absolute Gasteiger partial charge is 0.435 e. The lowest BCUT2D eigenvalue weighted by Crippen LogP contribution is -2.32. The van der Waals surface area contributed by atoms with Crippen molar-refractivity contribution in [1.82, 2.24) is 0 Å². The predicted molar refractivity (Wildman–Crippen MR) is 64.3 cm³/mol. The van der Waals surface area contributed by atoms with Gasteiger partial charge in [-0.1, -0.05) is 5.16 Å². The van der Waals surface area contributed by atoms with Crippen molar-refractivity contribution in [3.05, 3.63) is 24.3 Å². The van der Waals surface area contributed by atoms with E-state index in [1.165, 1.54) is 31.2 Å². The quantitative estimate of drug-likeness (QED) is 0.328. The van der Waals surface area contributed by atoms with Gasteiger partial charge in [0.1, 0.15) is 5.75 Å². The number of anilines is 1. The number of alkyl halides is 2. The van der Waals surface area contributed by atoms with Gasteiger partial charge < -0.3 is 21.0 Å². The fraction of sp³-hybridized carbons (Fsp3) is 0.273. The van der Waals surface area contributed by atoms with Crippen molar-refractivity contribution in [3.8, 4) is 5.75 Å². The second-order valence-corrected chi connectivity index (χ2v) is 3.64. The Morgan fingerprint density at radius 2 is 2.00 bits per heavy atom. The Bertz CT molecular complexity index is 463. The summed E-state index contributed by atoms with van der Waals surface area (Å²) < 4.78 is 28.0. The minimum absolute atomic E-state index is 0.0162. The minimum atomic E-state index is -2.90. The number of nitrogens with one attached hydrogen (secondary N) is 1. The van der Waals surface area contributed by atoms with Gasteiger partial charge in [-0.25, -0.2) is 0 Å². The van der Waals surface area contributed by atoms with E-state index in [0.29, 0.717) is 5.69 Å². The van der Waals surface area contributed by atoms with Gasteiger partial charge in [0.25, 0.3) is 0 Å². The first kappa shape index (κ1) is 14.7. The molecule has 19 heavy (non-hydrogen) atoms. The molecule has 1 amide bonds. The van der Waals surface area contributed by atoms with E-state index in [-0.39, 0.29) is 11.6 Å². The molecule has 8 heteroatoms. The second kappa shape index (κ2) is 6.53. The fourth-order valence-corrected chi connectivity index (χ4v) is 1.19. The van der Waals surface area contributed by atoms with E-state index >= 15 is 0 Å². The number of hydrogen-bond acceptors (Lipinski definition) is 4. The fourth-order valence-electron chi connectivity index (χ4n) is 1.19. The maximum Gasteiger partial charge on any atom is 0.387 e. The van der Waals surface area contributed by atoms with Crippen molar-refractivity contribution >= 4 is 17.4 Å². The van der Waals surface area contributed by atoms with Crippen LogP contribution in [-0.2, 0) is 4.79 Å². The average Bonchev–Trinajstić information content (AvgIpc) is 2.38. The van der Waals surface area contributed by atoms with Gasteiger partial charge in [0.05, 0.1) is 5.92 Å². The molecule has 0 aliphatic rings. The first-order chi connectivity index (χ1) is 8.93. The molecular weight excluding hydrogens is 260 g/mol. The number of oxime groups is 1. The van der Waals surface area contributed by atoms with Crippen molar-refractivity contribution in [2.75, 3.05) is 5.32 Å². The van der Waals surface area contributed by atoms with Crippen LogP contribution in [0, 0.1) is 5.92 Å². The van der Waals surface area contributed by atoms with E-state index in [9.17, 15) is 13.6 Å². The SMILES string of the molecule is CC(C(=O)Nc1ccc(OC(F)F)cc1)C(N)=NO. The molecule has 0 radical (unpaired) electrons. The number of halogens is 2. The number of carbonyl (C=O) groups is 1. The Hall–Kier alpha value is -2.38. The number of amidine groups is 1. The van der Waals surface area contributed by atoms with E-state index < -0.39 is 18.4 Å². The number of nitrogens with zero attached hydrogens (tertiary/aromatic N) is 1. The van der Waals surface area contributed by atoms with Crippen LogP contribution in [0.5, 0.6) is 5.75 Å². The predicted octanol–water partition coefficient (Wildman–Crippen LogP) is 1.61. The molecular formula is C11H13F2N3O3. The molecule has 0 spiro atoms. The van der Waals surface area contributed by atoms with Crippen molar-refractivity contribution in [3.63, 3.8) is 0 Å². The Morgan fingerprint density at radius 1 is 1.42 bits per heavy atom. The summed E-state index contributed by atoms with van der Waals surface area (Å²) in [5, 5.41) is 13.6. The summed E-state index contributed by atoms with van der Waals surface area (Å²) in [6, 6.07) is 5.37. The Morgan fingerprint density at radius 3 is 2.47 bits per heavy atom. The number of benzene rings is 1. The van der Waals surface area contributed by atoms with Crippen LogP contribution in [0.15, 0.2) is 29.4 Å². The van der Waals surface area contributed by atoms with Crippen LogP contribution in [0.25, 0.3) is 0 Å². The van der Waals surface area contributed by atoms with Gasteiger partial charge in [0, 0.05) is 5.69 Å². The van der Waals surface area contributed by atoms with Gasteiger partial charge >= 0.3 is 6.61 Å². The number of rotatable bonds is 5. The number of amides is 1. The highest BCUT2D eigenvalue weighted by Gasteiger charge is 2.17. The molecule has 0 saturated carbocycles. The van der Waals surface area contributed by atoms with E-state index in [1.54, 1.807) is 0 Å². The van der Waals surface area contributed by atoms with Crippen LogP contribution in [0.4, 0.5) is 14.5 Å². The smallest absolute Gasteiger partial charge is 0.387 e. The highest BCUT2D eigenvalue weighted by atomic mass is 19.3. The molecule has 0 heterocycles. The highest BCUT2D eigenvalue weighted by molar-refractivity contribution is 6.07. The highest BCUT2D eigenvalue weighted by Crippen LogP contribution is 2.18. The molecule has 1 aromatic carbocycles. The molecule has 1 unspecified atom stereocenters.